The molecule has 4 aliphatic rings. The molecule has 9 nitrogen and oxygen atoms in total. The number of hydrogen-bond acceptors (Lipinski definition) is 11. The predicted octanol–water partition coefficient (Wildman–Crippen LogP) is 14.5. The highest BCUT2D eigenvalue weighted by atomic mass is 32.1. The molecule has 404 valence electrons. The molecule has 0 N–H and O–H groups in total. The van der Waals surface area contributed by atoms with Gasteiger partial charge in [0.1, 0.15) is 49.4 Å². The fourth-order valence-corrected chi connectivity index (χ4v) is 14.6. The zero-order valence-corrected chi connectivity index (χ0v) is 47.3. The molecule has 6 heterocycles. The molecule has 8 aromatic rings. The standard InChI is InChI=1S/C67H74N4O5S2/c1-47-11-25-61-59(43-47)63(66(77-61)49-13-17-51(18-14-49)73-39-35-68-27-3-4-28-68)57-45-53(75-41-37-70-31-7-8-32-70)21-23-55(57)65(72)56-24-22-54(76-42-38-71-33-9-10-34-71)46-58(56)64-60-44-48(2)12-26-62(60)78-67(64)50-15-19-52(20-16-50)74-40-36-69-29-5-6-30-69/h11-26,43-46H,3-10,27-42H2,1-2H3. The van der Waals surface area contributed by atoms with Crippen LogP contribution in [-0.4, -0.2) is 130 Å². The molecule has 0 atom stereocenters. The number of thiophene rings is 2. The molecule has 0 bridgehead atoms. The van der Waals surface area contributed by atoms with Gasteiger partial charge in [-0.25, -0.2) is 0 Å². The van der Waals surface area contributed by atoms with Gasteiger partial charge >= 0.3 is 0 Å². The number of hydrogen-bond donors (Lipinski definition) is 0. The third-order valence-electron chi connectivity index (χ3n) is 16.4. The second-order valence-corrected chi connectivity index (χ2v) is 24.1. The summed E-state index contributed by atoms with van der Waals surface area (Å²) in [5, 5.41) is 2.24. The molecule has 4 fully saturated rings. The highest BCUT2D eigenvalue weighted by molar-refractivity contribution is 7.23. The van der Waals surface area contributed by atoms with E-state index in [-0.39, 0.29) is 5.78 Å². The molecule has 0 amide bonds. The van der Waals surface area contributed by atoms with Crippen molar-refractivity contribution >= 4 is 48.6 Å². The van der Waals surface area contributed by atoms with Gasteiger partial charge in [0.15, 0.2) is 5.78 Å². The summed E-state index contributed by atoms with van der Waals surface area (Å²) >= 11 is 3.55. The van der Waals surface area contributed by atoms with Gasteiger partial charge in [-0.15, -0.1) is 22.7 Å². The predicted molar refractivity (Wildman–Crippen MR) is 323 cm³/mol. The first-order valence-corrected chi connectivity index (χ1v) is 30.5. The van der Waals surface area contributed by atoms with Crippen LogP contribution >= 0.6 is 22.7 Å². The van der Waals surface area contributed by atoms with Crippen molar-refractivity contribution in [1.29, 1.82) is 0 Å². The second kappa shape index (κ2) is 24.5. The first-order valence-electron chi connectivity index (χ1n) is 28.9. The molecule has 4 aliphatic heterocycles. The summed E-state index contributed by atoms with van der Waals surface area (Å²) in [6.45, 7) is 19.5. The summed E-state index contributed by atoms with van der Waals surface area (Å²) in [6, 6.07) is 42.9. The number of benzene rings is 6. The number of nitrogens with zero attached hydrogens (tertiary/aromatic N) is 4. The topological polar surface area (TPSA) is 67.0 Å². The monoisotopic (exact) mass is 1080 g/mol. The third-order valence-corrected chi connectivity index (χ3v) is 18.9. The Morgan fingerprint density at radius 3 is 1.06 bits per heavy atom. The van der Waals surface area contributed by atoms with E-state index in [4.69, 9.17) is 18.9 Å². The molecule has 12 rings (SSSR count). The zero-order chi connectivity index (χ0) is 52.8. The maximum Gasteiger partial charge on any atom is 0.194 e. The molecule has 6 aromatic carbocycles. The normalized spacial score (nSPS) is 16.5. The number of rotatable bonds is 22. The van der Waals surface area contributed by atoms with Gasteiger partial charge < -0.3 is 18.9 Å². The van der Waals surface area contributed by atoms with E-state index in [1.807, 2.05) is 24.3 Å². The van der Waals surface area contributed by atoms with E-state index >= 15 is 4.79 Å². The van der Waals surface area contributed by atoms with Gasteiger partial charge in [0.2, 0.25) is 0 Å². The largest absolute Gasteiger partial charge is 0.492 e. The van der Waals surface area contributed by atoms with Crippen molar-refractivity contribution in [2.75, 3.05) is 105 Å². The lowest BCUT2D eigenvalue weighted by molar-refractivity contribution is 0.104. The molecule has 0 spiro atoms. The molecule has 0 unspecified atom stereocenters. The summed E-state index contributed by atoms with van der Waals surface area (Å²) in [6.07, 6.45) is 10.0. The van der Waals surface area contributed by atoms with E-state index in [0.29, 0.717) is 37.6 Å². The lowest BCUT2D eigenvalue weighted by Crippen LogP contribution is -2.25. The smallest absolute Gasteiger partial charge is 0.194 e. The van der Waals surface area contributed by atoms with Gasteiger partial charge in [0.25, 0.3) is 0 Å². The van der Waals surface area contributed by atoms with Crippen molar-refractivity contribution in [3.8, 4) is 66.1 Å². The highest BCUT2D eigenvalue weighted by Gasteiger charge is 2.28. The minimum atomic E-state index is -0.0494. The summed E-state index contributed by atoms with van der Waals surface area (Å²) in [5.74, 6) is 3.19. The lowest BCUT2D eigenvalue weighted by Gasteiger charge is -2.19. The van der Waals surface area contributed by atoms with Gasteiger partial charge in [-0.2, -0.15) is 0 Å². The summed E-state index contributed by atoms with van der Waals surface area (Å²) < 4.78 is 28.3. The Kier molecular flexibility index (Phi) is 16.6. The molecule has 0 saturated carbocycles. The number of ketones is 1. The molecule has 11 heteroatoms. The van der Waals surface area contributed by atoms with Crippen LogP contribution in [0.3, 0.4) is 0 Å². The van der Waals surface area contributed by atoms with Crippen LogP contribution in [0.4, 0.5) is 0 Å². The van der Waals surface area contributed by atoms with E-state index < -0.39 is 0 Å². The van der Waals surface area contributed by atoms with Crippen molar-refractivity contribution in [2.45, 2.75) is 65.2 Å². The van der Waals surface area contributed by atoms with Gasteiger partial charge in [-0.1, -0.05) is 23.3 Å². The maximum atomic E-state index is 16.3. The average molecular weight is 1080 g/mol. The Bertz CT molecular complexity index is 3120. The highest BCUT2D eigenvalue weighted by Crippen LogP contribution is 2.50. The molecule has 78 heavy (non-hydrogen) atoms. The quantitative estimate of drug-likeness (QED) is 0.0618. The molecule has 0 aliphatic carbocycles. The number of carbonyl (C=O) groups excluding carboxylic acids is 1. The molecular weight excluding hydrogens is 1000 g/mol. The summed E-state index contributed by atoms with van der Waals surface area (Å²) in [4.78, 5) is 28.5. The molecule has 2 aromatic heterocycles. The molecular formula is C67H74N4O5S2. The SMILES string of the molecule is Cc1ccc2sc(-c3ccc(OCCN4CCCC4)cc3)c(-c3cc(OCCN4CCCC4)ccc3C(=O)c3ccc(OCCN4CCCC4)cc3-c3c(-c4ccc(OCCN5CCCC5)cc4)sc4ccc(C)cc34)c2c1. The van der Waals surface area contributed by atoms with E-state index in [9.17, 15) is 0 Å². The van der Waals surface area contributed by atoms with Crippen LogP contribution < -0.4 is 18.9 Å². The van der Waals surface area contributed by atoms with Crippen LogP contribution in [0.25, 0.3) is 63.3 Å². The zero-order valence-electron chi connectivity index (χ0n) is 45.7. The van der Waals surface area contributed by atoms with Gasteiger partial charge in [0.05, 0.1) is 0 Å². The fraction of sp³-hybridized carbons (Fsp3) is 0.388. The minimum Gasteiger partial charge on any atom is -0.492 e. The van der Waals surface area contributed by atoms with Crippen LogP contribution in [0.2, 0.25) is 0 Å². The lowest BCUT2D eigenvalue weighted by atomic mass is 9.87. The summed E-state index contributed by atoms with van der Waals surface area (Å²) in [5.41, 5.74) is 9.55. The fourth-order valence-electron chi connectivity index (χ4n) is 12.1. The average Bonchev–Trinajstić information content (AvgIpc) is 4.47. The van der Waals surface area contributed by atoms with Crippen LogP contribution in [0.1, 0.15) is 78.4 Å². The Balaban J connectivity index is 0.962. The Morgan fingerprint density at radius 2 is 0.718 bits per heavy atom. The van der Waals surface area contributed by atoms with Crippen LogP contribution in [0.15, 0.2) is 121 Å². The van der Waals surface area contributed by atoms with E-state index in [1.54, 1.807) is 22.7 Å². The van der Waals surface area contributed by atoms with E-state index in [1.165, 1.54) is 60.8 Å². The molecule has 0 radical (unpaired) electrons. The van der Waals surface area contributed by atoms with Crippen molar-refractivity contribution < 1.29 is 23.7 Å². The van der Waals surface area contributed by atoms with E-state index in [0.717, 1.165) is 167 Å². The van der Waals surface area contributed by atoms with Gasteiger partial charge in [0, 0.05) is 78.4 Å². The van der Waals surface area contributed by atoms with Crippen LogP contribution in [-0.2, 0) is 0 Å². The van der Waals surface area contributed by atoms with Crippen molar-refractivity contribution in [3.63, 3.8) is 0 Å². The molecule has 4 saturated heterocycles. The number of aryl methyl sites for hydroxylation is 2. The Labute approximate surface area is 469 Å². The van der Waals surface area contributed by atoms with Crippen molar-refractivity contribution in [2.24, 2.45) is 0 Å². The van der Waals surface area contributed by atoms with Crippen molar-refractivity contribution in [3.05, 3.63) is 144 Å². The van der Waals surface area contributed by atoms with Crippen LogP contribution in [0, 0.1) is 13.8 Å². The number of fused-ring (bicyclic) bond motifs is 2. The van der Waals surface area contributed by atoms with Gasteiger partial charge in [-0.05, 0) is 249 Å². The number of carbonyl (C=O) groups is 1. The van der Waals surface area contributed by atoms with Gasteiger partial charge in [-0.3, -0.25) is 24.4 Å². The number of ether oxygens (including phenoxy) is 4. The van der Waals surface area contributed by atoms with E-state index in [2.05, 4.69) is 131 Å². The third kappa shape index (κ3) is 12.1. The first-order chi connectivity index (χ1) is 38.4. The summed E-state index contributed by atoms with van der Waals surface area (Å²) in [7, 11) is 0. The Morgan fingerprint density at radius 1 is 0.397 bits per heavy atom. The first kappa shape index (κ1) is 52.6. The second-order valence-electron chi connectivity index (χ2n) is 22.0. The Hall–Kier alpha value is -6.05. The minimum absolute atomic E-state index is 0.0494. The number of likely N-dealkylation sites (tertiary alicyclic amines) is 4. The van der Waals surface area contributed by atoms with Crippen LogP contribution in [0.5, 0.6) is 23.0 Å². The maximum absolute atomic E-state index is 16.3. The van der Waals surface area contributed by atoms with Crippen molar-refractivity contribution in [1.82, 2.24) is 19.6 Å².